The lowest BCUT2D eigenvalue weighted by molar-refractivity contribution is 0.0876. The van der Waals surface area contributed by atoms with E-state index in [1.165, 1.54) is 4.90 Å². The lowest BCUT2D eigenvalue weighted by Crippen LogP contribution is -2.55. The van der Waals surface area contributed by atoms with E-state index in [0.29, 0.717) is 25.0 Å². The summed E-state index contributed by atoms with van der Waals surface area (Å²) in [6.45, 7) is 9.71. The van der Waals surface area contributed by atoms with Gasteiger partial charge in [-0.15, -0.1) is 0 Å². The minimum absolute atomic E-state index is 0.00398. The number of hydrogen-bond donors (Lipinski definition) is 2. The van der Waals surface area contributed by atoms with Crippen LogP contribution in [0.15, 0.2) is 0 Å². The molecule has 1 aliphatic heterocycles. The zero-order chi connectivity index (χ0) is 15.1. The van der Waals surface area contributed by atoms with Crippen molar-refractivity contribution in [3.63, 3.8) is 0 Å². The Bertz CT molecular complexity index is 291. The number of hydrogen-bond acceptors (Lipinski definition) is 4. The second-order valence-electron chi connectivity index (χ2n) is 5.98. The Hall–Kier alpha value is -0.850. The van der Waals surface area contributed by atoms with Gasteiger partial charge in [0.1, 0.15) is 0 Å². The van der Waals surface area contributed by atoms with E-state index in [2.05, 4.69) is 36.0 Å². The minimum atomic E-state index is -0.112. The Kier molecular flexibility index (Phi) is 7.26. The number of likely N-dealkylation sites (N-methyl/N-ethyl adjacent to an activating group) is 2. The molecule has 1 aliphatic rings. The number of nitrogens with zero attached hydrogens (tertiary/aromatic N) is 3. The number of carbonyl (C=O) groups is 1. The van der Waals surface area contributed by atoms with Crippen molar-refractivity contribution < 1.29 is 9.90 Å². The SMILES string of the molecule is CC(C)C(CNC(=O)N(C)CCO)N1CCN(C)CC1. The lowest BCUT2D eigenvalue weighted by Gasteiger charge is -2.40. The maximum Gasteiger partial charge on any atom is 0.317 e. The third-order valence-corrected chi connectivity index (χ3v) is 4.02. The molecular weight excluding hydrogens is 256 g/mol. The number of amides is 2. The normalized spacial score (nSPS) is 19.1. The van der Waals surface area contributed by atoms with Gasteiger partial charge in [0, 0.05) is 52.4 Å². The Morgan fingerprint density at radius 1 is 1.30 bits per heavy atom. The minimum Gasteiger partial charge on any atom is -0.395 e. The molecule has 0 aromatic rings. The van der Waals surface area contributed by atoms with E-state index in [1.807, 2.05) is 0 Å². The number of rotatable bonds is 6. The molecule has 2 N–H and O–H groups in total. The third-order valence-electron chi connectivity index (χ3n) is 4.02. The molecule has 1 saturated heterocycles. The molecule has 118 valence electrons. The highest BCUT2D eigenvalue weighted by Gasteiger charge is 2.25. The van der Waals surface area contributed by atoms with Crippen molar-refractivity contribution in [3.8, 4) is 0 Å². The summed E-state index contributed by atoms with van der Waals surface area (Å²) in [5.41, 5.74) is 0. The Morgan fingerprint density at radius 2 is 1.90 bits per heavy atom. The largest absolute Gasteiger partial charge is 0.395 e. The van der Waals surface area contributed by atoms with Crippen molar-refractivity contribution in [2.75, 3.05) is 60.0 Å². The summed E-state index contributed by atoms with van der Waals surface area (Å²) in [6, 6.07) is 0.258. The molecule has 20 heavy (non-hydrogen) atoms. The zero-order valence-corrected chi connectivity index (χ0v) is 13.3. The van der Waals surface area contributed by atoms with E-state index in [1.54, 1.807) is 7.05 Å². The van der Waals surface area contributed by atoms with Crippen molar-refractivity contribution in [2.24, 2.45) is 5.92 Å². The van der Waals surface area contributed by atoms with Crippen LogP contribution < -0.4 is 5.32 Å². The summed E-state index contributed by atoms with van der Waals surface area (Å²) < 4.78 is 0. The van der Waals surface area contributed by atoms with Crippen LogP contribution in [0.1, 0.15) is 13.8 Å². The Morgan fingerprint density at radius 3 is 2.40 bits per heavy atom. The molecule has 2 amide bonds. The molecule has 1 atom stereocenters. The fourth-order valence-electron chi connectivity index (χ4n) is 2.52. The molecule has 0 bridgehead atoms. The molecule has 1 rings (SSSR count). The number of nitrogens with one attached hydrogen (secondary N) is 1. The lowest BCUT2D eigenvalue weighted by atomic mass is 10.0. The van der Waals surface area contributed by atoms with Gasteiger partial charge in [-0.3, -0.25) is 4.90 Å². The Balaban J connectivity index is 2.45. The molecule has 1 unspecified atom stereocenters. The monoisotopic (exact) mass is 286 g/mol. The van der Waals surface area contributed by atoms with Gasteiger partial charge in [-0.1, -0.05) is 13.8 Å². The number of carbonyl (C=O) groups excluding carboxylic acids is 1. The molecule has 0 spiro atoms. The summed E-state index contributed by atoms with van der Waals surface area (Å²) in [5.74, 6) is 0.502. The van der Waals surface area contributed by atoms with Crippen LogP contribution in [0.4, 0.5) is 4.79 Å². The third kappa shape index (κ3) is 5.26. The molecule has 0 aliphatic carbocycles. The van der Waals surface area contributed by atoms with Gasteiger partial charge in [0.2, 0.25) is 0 Å². The molecule has 0 saturated carbocycles. The average Bonchev–Trinajstić information content (AvgIpc) is 2.40. The Labute approximate surface area is 122 Å². The highest BCUT2D eigenvalue weighted by molar-refractivity contribution is 5.73. The van der Waals surface area contributed by atoms with Gasteiger partial charge in [-0.2, -0.15) is 0 Å². The number of piperazine rings is 1. The van der Waals surface area contributed by atoms with Crippen LogP contribution in [0.2, 0.25) is 0 Å². The fraction of sp³-hybridized carbons (Fsp3) is 0.929. The quantitative estimate of drug-likeness (QED) is 0.715. The van der Waals surface area contributed by atoms with Gasteiger partial charge < -0.3 is 20.2 Å². The van der Waals surface area contributed by atoms with Crippen molar-refractivity contribution in [1.29, 1.82) is 0 Å². The number of urea groups is 1. The first-order valence-corrected chi connectivity index (χ1v) is 7.48. The van der Waals surface area contributed by atoms with E-state index >= 15 is 0 Å². The second-order valence-corrected chi connectivity index (χ2v) is 5.98. The maximum absolute atomic E-state index is 11.9. The summed E-state index contributed by atoms with van der Waals surface area (Å²) >= 11 is 0. The van der Waals surface area contributed by atoms with Crippen LogP contribution in [-0.4, -0.2) is 91.8 Å². The average molecular weight is 286 g/mol. The topological polar surface area (TPSA) is 59.1 Å². The van der Waals surface area contributed by atoms with Gasteiger partial charge in [-0.05, 0) is 13.0 Å². The second kappa shape index (κ2) is 8.44. The summed E-state index contributed by atoms with van der Waals surface area (Å²) in [6.07, 6.45) is 0. The van der Waals surface area contributed by atoms with Crippen LogP contribution in [0.5, 0.6) is 0 Å². The molecule has 0 aromatic carbocycles. The van der Waals surface area contributed by atoms with E-state index in [4.69, 9.17) is 5.11 Å². The van der Waals surface area contributed by atoms with Crippen molar-refractivity contribution in [2.45, 2.75) is 19.9 Å². The molecule has 6 heteroatoms. The maximum atomic E-state index is 11.9. The summed E-state index contributed by atoms with van der Waals surface area (Å²) in [5, 5.41) is 11.8. The summed E-state index contributed by atoms with van der Waals surface area (Å²) in [4.78, 5) is 18.2. The van der Waals surface area contributed by atoms with Crippen LogP contribution in [-0.2, 0) is 0 Å². The van der Waals surface area contributed by atoms with Gasteiger partial charge in [-0.25, -0.2) is 4.79 Å². The number of aliphatic hydroxyl groups is 1. The van der Waals surface area contributed by atoms with Crippen molar-refractivity contribution in [1.82, 2.24) is 20.0 Å². The highest BCUT2D eigenvalue weighted by Crippen LogP contribution is 2.12. The standard InChI is InChI=1S/C14H30N4O2/c1-12(2)13(18-7-5-16(3)6-8-18)11-15-14(20)17(4)9-10-19/h12-13,19H,5-11H2,1-4H3,(H,15,20). The van der Waals surface area contributed by atoms with E-state index in [0.717, 1.165) is 26.2 Å². The first kappa shape index (κ1) is 17.2. The van der Waals surface area contributed by atoms with E-state index in [-0.39, 0.29) is 12.6 Å². The molecule has 0 aromatic heterocycles. The van der Waals surface area contributed by atoms with Crippen LogP contribution in [0, 0.1) is 5.92 Å². The van der Waals surface area contributed by atoms with Gasteiger partial charge in [0.15, 0.2) is 0 Å². The van der Waals surface area contributed by atoms with Gasteiger partial charge >= 0.3 is 6.03 Å². The predicted octanol–water partition coefficient (Wildman–Crippen LogP) is -0.108. The van der Waals surface area contributed by atoms with Gasteiger partial charge in [0.25, 0.3) is 0 Å². The fourth-order valence-corrected chi connectivity index (χ4v) is 2.52. The molecule has 0 radical (unpaired) electrons. The highest BCUT2D eigenvalue weighted by atomic mass is 16.3. The van der Waals surface area contributed by atoms with Crippen molar-refractivity contribution in [3.05, 3.63) is 0 Å². The molecular formula is C14H30N4O2. The van der Waals surface area contributed by atoms with E-state index in [9.17, 15) is 4.79 Å². The van der Waals surface area contributed by atoms with Crippen molar-refractivity contribution >= 4 is 6.03 Å². The summed E-state index contributed by atoms with van der Waals surface area (Å²) in [7, 11) is 3.85. The smallest absolute Gasteiger partial charge is 0.317 e. The van der Waals surface area contributed by atoms with Crippen LogP contribution >= 0.6 is 0 Å². The van der Waals surface area contributed by atoms with Crippen LogP contribution in [0.25, 0.3) is 0 Å². The zero-order valence-electron chi connectivity index (χ0n) is 13.3. The van der Waals surface area contributed by atoms with Gasteiger partial charge in [0.05, 0.1) is 6.61 Å². The number of aliphatic hydroxyl groups excluding tert-OH is 1. The van der Waals surface area contributed by atoms with Crippen LogP contribution in [0.3, 0.4) is 0 Å². The first-order valence-electron chi connectivity index (χ1n) is 7.48. The first-order chi connectivity index (χ1) is 9.45. The molecule has 1 heterocycles. The molecule has 1 fully saturated rings. The predicted molar refractivity (Wildman–Crippen MR) is 80.8 cm³/mol. The van der Waals surface area contributed by atoms with E-state index < -0.39 is 0 Å². The molecule has 6 nitrogen and oxygen atoms in total.